The molecule has 0 aliphatic rings. The van der Waals surface area contributed by atoms with Gasteiger partial charge < -0.3 is 10.2 Å². The Morgan fingerprint density at radius 1 is 1.05 bits per heavy atom. The van der Waals surface area contributed by atoms with E-state index in [1.807, 2.05) is 57.2 Å². The topological polar surface area (TPSA) is 52.0 Å². The standard InChI is InChI=1S/C17H18N2O/c1-10-5-4-6-13-9-15(20-17(10)13)16(18)14-7-11(2)19-12(3)8-14/h4-9,16H,18H2,1-3H3. The number of nitrogens with two attached hydrogens (primary N) is 1. The first-order valence-corrected chi connectivity index (χ1v) is 6.74. The first-order valence-electron chi connectivity index (χ1n) is 6.74. The van der Waals surface area contributed by atoms with Crippen LogP contribution in [0.2, 0.25) is 0 Å². The van der Waals surface area contributed by atoms with Gasteiger partial charge in [-0.2, -0.15) is 0 Å². The average molecular weight is 266 g/mol. The number of furan rings is 1. The lowest BCUT2D eigenvalue weighted by Crippen LogP contribution is -2.11. The summed E-state index contributed by atoms with van der Waals surface area (Å²) in [6, 6.07) is 11.9. The number of aromatic nitrogens is 1. The molecule has 0 fully saturated rings. The molecule has 0 saturated heterocycles. The van der Waals surface area contributed by atoms with E-state index in [1.54, 1.807) is 0 Å². The van der Waals surface area contributed by atoms with E-state index in [2.05, 4.69) is 4.98 Å². The van der Waals surface area contributed by atoms with Crippen molar-refractivity contribution in [1.29, 1.82) is 0 Å². The lowest BCUT2D eigenvalue weighted by atomic mass is 10.0. The summed E-state index contributed by atoms with van der Waals surface area (Å²) in [6.45, 7) is 6.00. The average Bonchev–Trinajstić information content (AvgIpc) is 2.82. The second-order valence-electron chi connectivity index (χ2n) is 5.30. The number of rotatable bonds is 2. The summed E-state index contributed by atoms with van der Waals surface area (Å²) in [5.74, 6) is 0.791. The molecule has 2 N–H and O–H groups in total. The molecule has 3 rings (SSSR count). The maximum atomic E-state index is 6.35. The fourth-order valence-electron chi connectivity index (χ4n) is 2.59. The van der Waals surface area contributed by atoms with Crippen LogP contribution in [0.1, 0.15) is 34.3 Å². The molecule has 0 aliphatic carbocycles. The van der Waals surface area contributed by atoms with Crippen LogP contribution in [-0.4, -0.2) is 4.98 Å². The molecular weight excluding hydrogens is 248 g/mol. The van der Waals surface area contributed by atoms with Crippen molar-refractivity contribution in [2.45, 2.75) is 26.8 Å². The lowest BCUT2D eigenvalue weighted by Gasteiger charge is -2.10. The molecule has 0 bridgehead atoms. The lowest BCUT2D eigenvalue weighted by molar-refractivity contribution is 0.523. The number of pyridine rings is 1. The van der Waals surface area contributed by atoms with Crippen LogP contribution in [0.25, 0.3) is 11.0 Å². The van der Waals surface area contributed by atoms with Gasteiger partial charge in [-0.05, 0) is 50.1 Å². The minimum atomic E-state index is -0.262. The van der Waals surface area contributed by atoms with Crippen molar-refractivity contribution in [1.82, 2.24) is 4.98 Å². The van der Waals surface area contributed by atoms with Crippen LogP contribution < -0.4 is 5.73 Å². The van der Waals surface area contributed by atoms with Crippen molar-refractivity contribution in [2.24, 2.45) is 5.73 Å². The van der Waals surface area contributed by atoms with E-state index in [4.69, 9.17) is 10.2 Å². The Morgan fingerprint density at radius 2 is 1.75 bits per heavy atom. The van der Waals surface area contributed by atoms with Crippen LogP contribution in [0.3, 0.4) is 0 Å². The Balaban J connectivity index is 2.07. The number of hydrogen-bond donors (Lipinski definition) is 1. The molecular formula is C17H18N2O. The number of fused-ring (bicyclic) bond motifs is 1. The second kappa shape index (κ2) is 4.76. The Labute approximate surface area is 118 Å². The summed E-state index contributed by atoms with van der Waals surface area (Å²) in [6.07, 6.45) is 0. The van der Waals surface area contributed by atoms with E-state index < -0.39 is 0 Å². The summed E-state index contributed by atoms with van der Waals surface area (Å²) in [4.78, 5) is 4.38. The third-order valence-electron chi connectivity index (χ3n) is 3.53. The normalized spacial score (nSPS) is 12.8. The first-order chi connectivity index (χ1) is 9.54. The van der Waals surface area contributed by atoms with E-state index in [9.17, 15) is 0 Å². The molecule has 20 heavy (non-hydrogen) atoms. The summed E-state index contributed by atoms with van der Waals surface area (Å²) in [5, 5.41) is 1.10. The molecule has 0 radical (unpaired) electrons. The monoisotopic (exact) mass is 266 g/mol. The van der Waals surface area contributed by atoms with E-state index in [-0.39, 0.29) is 6.04 Å². The maximum Gasteiger partial charge on any atom is 0.137 e. The van der Waals surface area contributed by atoms with Crippen LogP contribution in [0, 0.1) is 20.8 Å². The summed E-state index contributed by atoms with van der Waals surface area (Å²) in [7, 11) is 0. The van der Waals surface area contributed by atoms with Crippen LogP contribution in [-0.2, 0) is 0 Å². The Hall–Kier alpha value is -2.13. The van der Waals surface area contributed by atoms with E-state index in [0.29, 0.717) is 0 Å². The van der Waals surface area contributed by atoms with Crippen molar-refractivity contribution >= 4 is 11.0 Å². The molecule has 3 nitrogen and oxygen atoms in total. The van der Waals surface area contributed by atoms with Crippen molar-refractivity contribution in [3.8, 4) is 0 Å². The van der Waals surface area contributed by atoms with Crippen LogP contribution in [0.15, 0.2) is 40.8 Å². The third-order valence-corrected chi connectivity index (χ3v) is 3.53. The number of benzene rings is 1. The molecule has 1 unspecified atom stereocenters. The van der Waals surface area contributed by atoms with Crippen LogP contribution in [0.5, 0.6) is 0 Å². The summed E-state index contributed by atoms with van der Waals surface area (Å²) >= 11 is 0. The summed E-state index contributed by atoms with van der Waals surface area (Å²) < 4.78 is 5.95. The Bertz CT molecular complexity index is 754. The number of nitrogens with zero attached hydrogens (tertiary/aromatic N) is 1. The smallest absolute Gasteiger partial charge is 0.137 e. The molecule has 102 valence electrons. The minimum Gasteiger partial charge on any atom is -0.459 e. The molecule has 1 atom stereocenters. The van der Waals surface area contributed by atoms with Gasteiger partial charge in [0, 0.05) is 16.8 Å². The van der Waals surface area contributed by atoms with Crippen LogP contribution >= 0.6 is 0 Å². The van der Waals surface area contributed by atoms with Gasteiger partial charge in [0.15, 0.2) is 0 Å². The van der Waals surface area contributed by atoms with Gasteiger partial charge in [-0.3, -0.25) is 4.98 Å². The fraction of sp³-hybridized carbons (Fsp3) is 0.235. The van der Waals surface area contributed by atoms with Crippen molar-refractivity contribution in [3.63, 3.8) is 0 Å². The summed E-state index contributed by atoms with van der Waals surface area (Å²) in [5.41, 5.74) is 11.4. The second-order valence-corrected chi connectivity index (χ2v) is 5.30. The first kappa shape index (κ1) is 12.9. The molecule has 2 aromatic heterocycles. The molecule has 3 aromatic rings. The van der Waals surface area contributed by atoms with Gasteiger partial charge in [-0.1, -0.05) is 18.2 Å². The van der Waals surface area contributed by atoms with E-state index >= 15 is 0 Å². The fourth-order valence-corrected chi connectivity index (χ4v) is 2.59. The minimum absolute atomic E-state index is 0.262. The predicted octanol–water partition coefficient (Wildman–Crippen LogP) is 3.80. The number of aryl methyl sites for hydroxylation is 3. The largest absolute Gasteiger partial charge is 0.459 e. The van der Waals surface area contributed by atoms with Crippen molar-refractivity contribution in [3.05, 3.63) is 64.7 Å². The van der Waals surface area contributed by atoms with Crippen molar-refractivity contribution < 1.29 is 4.42 Å². The van der Waals surface area contributed by atoms with E-state index in [1.165, 1.54) is 0 Å². The molecule has 0 amide bonds. The van der Waals surface area contributed by atoms with Crippen LogP contribution in [0.4, 0.5) is 0 Å². The van der Waals surface area contributed by atoms with Crippen molar-refractivity contribution in [2.75, 3.05) is 0 Å². The zero-order chi connectivity index (χ0) is 14.3. The predicted molar refractivity (Wildman–Crippen MR) is 80.7 cm³/mol. The van der Waals surface area contributed by atoms with Gasteiger partial charge in [0.25, 0.3) is 0 Å². The molecule has 0 aliphatic heterocycles. The number of para-hydroxylation sites is 1. The highest BCUT2D eigenvalue weighted by Gasteiger charge is 2.15. The third kappa shape index (κ3) is 2.21. The highest BCUT2D eigenvalue weighted by atomic mass is 16.3. The van der Waals surface area contributed by atoms with Gasteiger partial charge in [-0.25, -0.2) is 0 Å². The van der Waals surface area contributed by atoms with Gasteiger partial charge in [0.2, 0.25) is 0 Å². The molecule has 0 saturated carbocycles. The SMILES string of the molecule is Cc1cc(C(N)c2cc3cccc(C)c3o2)cc(C)n1. The molecule has 2 heterocycles. The molecule has 3 heteroatoms. The van der Waals surface area contributed by atoms with Gasteiger partial charge in [0.05, 0.1) is 6.04 Å². The zero-order valence-corrected chi connectivity index (χ0v) is 12.0. The number of hydrogen-bond acceptors (Lipinski definition) is 3. The highest BCUT2D eigenvalue weighted by Crippen LogP contribution is 2.28. The van der Waals surface area contributed by atoms with Gasteiger partial charge in [-0.15, -0.1) is 0 Å². The van der Waals surface area contributed by atoms with Gasteiger partial charge in [0.1, 0.15) is 11.3 Å². The van der Waals surface area contributed by atoms with Gasteiger partial charge >= 0.3 is 0 Å². The zero-order valence-electron chi connectivity index (χ0n) is 12.0. The molecule has 1 aromatic carbocycles. The van der Waals surface area contributed by atoms with E-state index in [0.717, 1.165) is 39.2 Å². The quantitative estimate of drug-likeness (QED) is 0.767. The Morgan fingerprint density at radius 3 is 2.40 bits per heavy atom. The highest BCUT2D eigenvalue weighted by molar-refractivity contribution is 5.81. The maximum absolute atomic E-state index is 6.35. The Kier molecular flexibility index (Phi) is 3.07. The molecule has 0 spiro atoms.